The molecule has 0 aliphatic heterocycles. The molecule has 3 nitrogen and oxygen atoms in total. The zero-order chi connectivity index (χ0) is 16.5. The van der Waals surface area contributed by atoms with E-state index in [9.17, 15) is 0 Å². The van der Waals surface area contributed by atoms with Gasteiger partial charge in [0, 0.05) is 5.69 Å². The van der Waals surface area contributed by atoms with Gasteiger partial charge in [-0.1, -0.05) is 60.2 Å². The second-order valence-electron chi connectivity index (χ2n) is 6.02. The molecule has 0 radical (unpaired) electrons. The van der Waals surface area contributed by atoms with E-state index < -0.39 is 0 Å². The number of nitrogens with two attached hydrogens (primary N) is 1. The van der Waals surface area contributed by atoms with Crippen LogP contribution in [0.3, 0.4) is 0 Å². The molecule has 0 aliphatic rings. The van der Waals surface area contributed by atoms with Crippen molar-refractivity contribution in [3.8, 4) is 5.69 Å². The maximum Gasteiger partial charge on any atom is 0.136 e. The van der Waals surface area contributed by atoms with E-state index in [4.69, 9.17) is 10.7 Å². The van der Waals surface area contributed by atoms with Gasteiger partial charge in [-0.05, 0) is 36.8 Å². The summed E-state index contributed by atoms with van der Waals surface area (Å²) in [5.41, 5.74) is 12.0. The number of para-hydroxylation sites is 3. The first-order valence-electron chi connectivity index (χ1n) is 8.09. The zero-order valence-electron chi connectivity index (χ0n) is 13.6. The van der Waals surface area contributed by atoms with E-state index in [1.165, 1.54) is 5.56 Å². The second-order valence-corrected chi connectivity index (χ2v) is 6.02. The highest BCUT2D eigenvalue weighted by Gasteiger charge is 2.19. The predicted octanol–water partition coefficient (Wildman–Crippen LogP) is 4.38. The van der Waals surface area contributed by atoms with Gasteiger partial charge >= 0.3 is 0 Å². The predicted molar refractivity (Wildman–Crippen MR) is 98.3 cm³/mol. The Hall–Kier alpha value is -2.91. The van der Waals surface area contributed by atoms with Crippen molar-refractivity contribution in [1.82, 2.24) is 9.55 Å². The van der Waals surface area contributed by atoms with Crippen LogP contribution < -0.4 is 5.73 Å². The van der Waals surface area contributed by atoms with E-state index in [0.29, 0.717) is 0 Å². The fourth-order valence-corrected chi connectivity index (χ4v) is 3.11. The topological polar surface area (TPSA) is 43.8 Å². The number of rotatable bonds is 3. The summed E-state index contributed by atoms with van der Waals surface area (Å²) in [6.07, 6.45) is 0. The summed E-state index contributed by atoms with van der Waals surface area (Å²) in [4.78, 5) is 4.83. The Labute approximate surface area is 141 Å². The first-order valence-corrected chi connectivity index (χ1v) is 8.09. The number of aryl methyl sites for hydroxylation is 1. The first kappa shape index (κ1) is 14.7. The molecular weight excluding hydrogens is 294 g/mol. The van der Waals surface area contributed by atoms with E-state index in [1.54, 1.807) is 0 Å². The summed E-state index contributed by atoms with van der Waals surface area (Å²) in [7, 11) is 0. The third-order valence-electron chi connectivity index (χ3n) is 4.28. The van der Waals surface area contributed by atoms with Crippen LogP contribution in [-0.4, -0.2) is 9.55 Å². The van der Waals surface area contributed by atoms with E-state index in [-0.39, 0.29) is 6.04 Å². The summed E-state index contributed by atoms with van der Waals surface area (Å²) in [6, 6.07) is 26.4. The monoisotopic (exact) mass is 313 g/mol. The van der Waals surface area contributed by atoms with E-state index >= 15 is 0 Å². The van der Waals surface area contributed by atoms with Gasteiger partial charge in [-0.25, -0.2) is 4.98 Å². The molecule has 0 saturated heterocycles. The number of benzene rings is 3. The highest BCUT2D eigenvalue weighted by molar-refractivity contribution is 5.78. The quantitative estimate of drug-likeness (QED) is 0.610. The third kappa shape index (κ3) is 2.49. The molecule has 0 aliphatic carbocycles. The van der Waals surface area contributed by atoms with E-state index in [1.807, 2.05) is 42.5 Å². The molecule has 1 unspecified atom stereocenters. The smallest absolute Gasteiger partial charge is 0.136 e. The lowest BCUT2D eigenvalue weighted by atomic mass is 10.0. The number of aromatic nitrogens is 2. The average molecular weight is 313 g/mol. The average Bonchev–Trinajstić information content (AvgIpc) is 3.01. The lowest BCUT2D eigenvalue weighted by Gasteiger charge is -2.15. The summed E-state index contributed by atoms with van der Waals surface area (Å²) < 4.78 is 2.16. The minimum absolute atomic E-state index is 0.280. The van der Waals surface area contributed by atoms with Gasteiger partial charge in [0.2, 0.25) is 0 Å². The molecule has 4 rings (SSSR count). The largest absolute Gasteiger partial charge is 0.318 e. The Kier molecular flexibility index (Phi) is 3.63. The number of fused-ring (bicyclic) bond motifs is 1. The summed E-state index contributed by atoms with van der Waals surface area (Å²) in [5.74, 6) is 0.855. The highest BCUT2D eigenvalue weighted by atomic mass is 15.1. The lowest BCUT2D eigenvalue weighted by Crippen LogP contribution is -2.17. The van der Waals surface area contributed by atoms with Gasteiger partial charge in [-0.3, -0.25) is 4.57 Å². The molecule has 2 N–H and O–H groups in total. The Morgan fingerprint density at radius 2 is 1.62 bits per heavy atom. The SMILES string of the molecule is Cc1cccc(C(N)c2nc3ccccc3n2-c2ccccc2)c1. The molecule has 0 saturated carbocycles. The van der Waals surface area contributed by atoms with Crippen LogP contribution in [0.5, 0.6) is 0 Å². The molecule has 0 amide bonds. The summed E-state index contributed by atoms with van der Waals surface area (Å²) >= 11 is 0. The lowest BCUT2D eigenvalue weighted by molar-refractivity contribution is 0.766. The minimum Gasteiger partial charge on any atom is -0.318 e. The van der Waals surface area contributed by atoms with Gasteiger partial charge in [-0.2, -0.15) is 0 Å². The number of hydrogen-bond acceptors (Lipinski definition) is 2. The van der Waals surface area contributed by atoms with Crippen molar-refractivity contribution < 1.29 is 0 Å². The van der Waals surface area contributed by atoms with Crippen LogP contribution >= 0.6 is 0 Å². The number of imidazole rings is 1. The molecule has 0 fully saturated rings. The summed E-state index contributed by atoms with van der Waals surface area (Å²) in [5, 5.41) is 0. The summed E-state index contributed by atoms with van der Waals surface area (Å²) in [6.45, 7) is 2.08. The maximum absolute atomic E-state index is 6.60. The van der Waals surface area contributed by atoms with E-state index in [2.05, 4.69) is 47.9 Å². The Morgan fingerprint density at radius 1 is 0.875 bits per heavy atom. The Bertz CT molecular complexity index is 986. The third-order valence-corrected chi connectivity index (χ3v) is 4.28. The molecule has 3 heteroatoms. The van der Waals surface area contributed by atoms with E-state index in [0.717, 1.165) is 28.1 Å². The number of nitrogens with zero attached hydrogens (tertiary/aromatic N) is 2. The fraction of sp³-hybridized carbons (Fsp3) is 0.0952. The zero-order valence-corrected chi connectivity index (χ0v) is 13.6. The molecule has 118 valence electrons. The molecule has 24 heavy (non-hydrogen) atoms. The van der Waals surface area contributed by atoms with Crippen molar-refractivity contribution in [3.05, 3.63) is 95.8 Å². The molecule has 4 aromatic rings. The maximum atomic E-state index is 6.60. The molecule has 0 spiro atoms. The van der Waals surface area contributed by atoms with Gasteiger partial charge in [0.05, 0.1) is 17.1 Å². The highest BCUT2D eigenvalue weighted by Crippen LogP contribution is 2.27. The van der Waals surface area contributed by atoms with Crippen LogP contribution in [0, 0.1) is 6.92 Å². The first-order chi connectivity index (χ1) is 11.7. The Morgan fingerprint density at radius 3 is 2.42 bits per heavy atom. The van der Waals surface area contributed by atoms with Crippen molar-refractivity contribution >= 4 is 11.0 Å². The van der Waals surface area contributed by atoms with Crippen LogP contribution in [0.2, 0.25) is 0 Å². The van der Waals surface area contributed by atoms with Gasteiger partial charge in [-0.15, -0.1) is 0 Å². The molecular formula is C21H19N3. The number of hydrogen-bond donors (Lipinski definition) is 1. The van der Waals surface area contributed by atoms with Crippen molar-refractivity contribution in [3.63, 3.8) is 0 Å². The fourth-order valence-electron chi connectivity index (χ4n) is 3.11. The van der Waals surface area contributed by atoms with Crippen LogP contribution in [0.25, 0.3) is 16.7 Å². The van der Waals surface area contributed by atoms with Crippen molar-refractivity contribution in [2.45, 2.75) is 13.0 Å². The van der Waals surface area contributed by atoms with Gasteiger partial charge in [0.15, 0.2) is 0 Å². The standard InChI is InChI=1S/C21H19N3/c1-15-8-7-9-16(14-15)20(22)21-23-18-12-5-6-13-19(18)24(21)17-10-3-2-4-11-17/h2-14,20H,22H2,1H3. The Balaban J connectivity index is 1.95. The second kappa shape index (κ2) is 5.95. The minimum atomic E-state index is -0.280. The molecule has 3 aromatic carbocycles. The van der Waals surface area contributed by atoms with Crippen LogP contribution in [-0.2, 0) is 0 Å². The van der Waals surface area contributed by atoms with Crippen LogP contribution in [0.1, 0.15) is 23.0 Å². The van der Waals surface area contributed by atoms with Gasteiger partial charge in [0.1, 0.15) is 5.82 Å². The van der Waals surface area contributed by atoms with Crippen LogP contribution in [0.4, 0.5) is 0 Å². The molecule has 1 heterocycles. The van der Waals surface area contributed by atoms with Crippen LogP contribution in [0.15, 0.2) is 78.9 Å². The molecule has 1 aromatic heterocycles. The van der Waals surface area contributed by atoms with Crippen molar-refractivity contribution in [1.29, 1.82) is 0 Å². The van der Waals surface area contributed by atoms with Crippen molar-refractivity contribution in [2.75, 3.05) is 0 Å². The van der Waals surface area contributed by atoms with Gasteiger partial charge < -0.3 is 5.73 Å². The molecule has 0 bridgehead atoms. The van der Waals surface area contributed by atoms with Gasteiger partial charge in [0.25, 0.3) is 0 Å². The van der Waals surface area contributed by atoms with Crippen molar-refractivity contribution in [2.24, 2.45) is 5.73 Å². The molecule has 1 atom stereocenters. The normalized spacial score (nSPS) is 12.4.